The number of alkyl halides is 2. The topological polar surface area (TPSA) is 49.9 Å². The summed E-state index contributed by atoms with van der Waals surface area (Å²) < 4.78 is 34.4. The lowest BCUT2D eigenvalue weighted by molar-refractivity contribution is -0.155. The number of carbonyl (C=O) groups excluding carboxylic acids is 2. The van der Waals surface area contributed by atoms with E-state index in [1.807, 2.05) is 20.8 Å². The Hall–Kier alpha value is -1.24. The zero-order valence-corrected chi connectivity index (χ0v) is 18.2. The first kappa shape index (κ1) is 22.4. The van der Waals surface area contributed by atoms with Crippen LogP contribution >= 0.6 is 0 Å². The van der Waals surface area contributed by atoms with Crippen LogP contribution in [0.4, 0.5) is 8.78 Å². The second-order valence-corrected chi connectivity index (χ2v) is 9.52. The summed E-state index contributed by atoms with van der Waals surface area (Å²) in [5.41, 5.74) is 0. The monoisotopic (exact) mass is 414 g/mol. The molecule has 0 N–H and O–H groups in total. The third-order valence-corrected chi connectivity index (χ3v) is 7.21. The van der Waals surface area contributed by atoms with Gasteiger partial charge in [-0.05, 0) is 51.9 Å². The molecule has 0 bridgehead atoms. The van der Waals surface area contributed by atoms with E-state index in [4.69, 9.17) is 4.74 Å². The molecule has 5 nitrogen and oxygen atoms in total. The van der Waals surface area contributed by atoms with Crippen molar-refractivity contribution in [2.24, 2.45) is 17.8 Å². The van der Waals surface area contributed by atoms with E-state index in [0.29, 0.717) is 44.7 Å². The Kier molecular flexibility index (Phi) is 7.18. The number of hydrogen-bond acceptors (Lipinski definition) is 3. The largest absolute Gasteiger partial charge is 0.381 e. The van der Waals surface area contributed by atoms with Crippen molar-refractivity contribution in [1.29, 1.82) is 0 Å². The normalized spacial score (nSPS) is 41.3. The van der Waals surface area contributed by atoms with Gasteiger partial charge in [-0.25, -0.2) is 8.78 Å². The van der Waals surface area contributed by atoms with E-state index in [-0.39, 0.29) is 36.4 Å². The van der Waals surface area contributed by atoms with Gasteiger partial charge in [0.2, 0.25) is 11.8 Å². The fourth-order valence-electron chi connectivity index (χ4n) is 5.52. The fourth-order valence-corrected chi connectivity index (χ4v) is 5.52. The number of nitrogens with zero attached hydrogens (tertiary/aromatic N) is 2. The summed E-state index contributed by atoms with van der Waals surface area (Å²) in [6.07, 6.45) is 0.945. The van der Waals surface area contributed by atoms with Gasteiger partial charge in [0.15, 0.2) is 0 Å². The van der Waals surface area contributed by atoms with Gasteiger partial charge in [-0.2, -0.15) is 0 Å². The van der Waals surface area contributed by atoms with E-state index in [9.17, 15) is 18.4 Å². The first-order chi connectivity index (χ1) is 13.7. The molecule has 7 heteroatoms. The molecule has 1 heterocycles. The van der Waals surface area contributed by atoms with Crippen molar-refractivity contribution in [2.75, 3.05) is 20.2 Å². The molecule has 0 radical (unpaired) electrons. The Labute approximate surface area is 173 Å². The number of hydrogen-bond donors (Lipinski definition) is 0. The minimum Gasteiger partial charge on any atom is -0.381 e. The van der Waals surface area contributed by atoms with Crippen LogP contribution in [-0.4, -0.2) is 72.3 Å². The smallest absolute Gasteiger partial charge is 0.229 e. The Morgan fingerprint density at radius 1 is 0.828 bits per heavy atom. The van der Waals surface area contributed by atoms with Crippen LogP contribution in [0, 0.1) is 17.8 Å². The summed E-state index contributed by atoms with van der Waals surface area (Å²) >= 11 is 0. The Morgan fingerprint density at radius 3 is 1.93 bits per heavy atom. The minimum atomic E-state index is -1.20. The van der Waals surface area contributed by atoms with Crippen molar-refractivity contribution in [3.05, 3.63) is 0 Å². The van der Waals surface area contributed by atoms with Gasteiger partial charge in [0.25, 0.3) is 0 Å². The highest BCUT2D eigenvalue weighted by molar-refractivity contribution is 5.82. The third kappa shape index (κ3) is 4.75. The Bertz CT molecular complexity index is 593. The van der Waals surface area contributed by atoms with Crippen molar-refractivity contribution in [1.82, 2.24) is 9.80 Å². The Balaban J connectivity index is 1.62. The lowest BCUT2D eigenvalue weighted by Crippen LogP contribution is -2.62. The van der Waals surface area contributed by atoms with E-state index in [2.05, 4.69) is 0 Å². The van der Waals surface area contributed by atoms with Crippen molar-refractivity contribution in [3.8, 4) is 0 Å². The predicted octanol–water partition coefficient (Wildman–Crippen LogP) is 3.36. The molecule has 2 aliphatic carbocycles. The van der Waals surface area contributed by atoms with Gasteiger partial charge in [-0.1, -0.05) is 6.92 Å². The molecule has 6 unspecified atom stereocenters. The minimum absolute atomic E-state index is 0.120. The van der Waals surface area contributed by atoms with Gasteiger partial charge in [0.05, 0.1) is 17.9 Å². The molecule has 3 rings (SSSR count). The molecule has 3 aliphatic rings. The molecule has 2 saturated carbocycles. The van der Waals surface area contributed by atoms with Crippen LogP contribution in [0.15, 0.2) is 0 Å². The maximum Gasteiger partial charge on any atom is 0.229 e. The average molecular weight is 415 g/mol. The quantitative estimate of drug-likeness (QED) is 0.712. The molecule has 0 aromatic rings. The van der Waals surface area contributed by atoms with Crippen LogP contribution in [0.1, 0.15) is 59.3 Å². The zero-order valence-electron chi connectivity index (χ0n) is 18.2. The zero-order chi connectivity index (χ0) is 21.3. The summed E-state index contributed by atoms with van der Waals surface area (Å²) in [7, 11) is 1.58. The standard InChI is InChI=1S/C22H36F2N2O3/c1-13-5-7-17(19(23)9-13)21(27)25-11-14(2)26(15(3)12-25)22(28)18-8-6-16(29-4)10-20(18)24/h13-20H,5-12H2,1-4H3/t13?,14-,15-,16?,17?,18?,19?,20?/m1/s1. The van der Waals surface area contributed by atoms with Crippen molar-refractivity contribution in [3.63, 3.8) is 0 Å². The molecule has 3 fully saturated rings. The molecule has 0 aromatic heterocycles. The van der Waals surface area contributed by atoms with Crippen molar-refractivity contribution in [2.45, 2.75) is 89.8 Å². The molecule has 1 saturated heterocycles. The van der Waals surface area contributed by atoms with Crippen LogP contribution in [0.25, 0.3) is 0 Å². The molecule has 1 aliphatic heterocycles. The summed E-state index contributed by atoms with van der Waals surface area (Å²) in [4.78, 5) is 29.6. The number of amides is 2. The highest BCUT2D eigenvalue weighted by Crippen LogP contribution is 2.35. The summed E-state index contributed by atoms with van der Waals surface area (Å²) in [5.74, 6) is -1.16. The summed E-state index contributed by atoms with van der Waals surface area (Å²) in [6, 6.07) is -0.411. The molecular formula is C22H36F2N2O3. The number of methoxy groups -OCH3 is 1. The first-order valence-corrected chi connectivity index (χ1v) is 11.1. The van der Waals surface area contributed by atoms with E-state index in [1.165, 1.54) is 0 Å². The van der Waals surface area contributed by atoms with Gasteiger partial charge in [-0.3, -0.25) is 9.59 Å². The number of carbonyl (C=O) groups is 2. The highest BCUT2D eigenvalue weighted by atomic mass is 19.1. The second-order valence-electron chi connectivity index (χ2n) is 9.52. The van der Waals surface area contributed by atoms with E-state index in [0.717, 1.165) is 6.42 Å². The molecular weight excluding hydrogens is 378 g/mol. The van der Waals surface area contributed by atoms with Gasteiger partial charge < -0.3 is 14.5 Å². The molecule has 2 amide bonds. The number of halogens is 2. The van der Waals surface area contributed by atoms with Crippen molar-refractivity contribution < 1.29 is 23.1 Å². The third-order valence-electron chi connectivity index (χ3n) is 7.21. The van der Waals surface area contributed by atoms with E-state index in [1.54, 1.807) is 16.9 Å². The maximum absolute atomic E-state index is 14.6. The SMILES string of the molecule is COC1CCC(C(=O)N2[C@H](C)CN(C(=O)C3CCC(C)CC3F)C[C@H]2C)C(F)C1. The van der Waals surface area contributed by atoms with Gasteiger partial charge >= 0.3 is 0 Å². The van der Waals surface area contributed by atoms with Gasteiger partial charge in [0.1, 0.15) is 12.3 Å². The molecule has 0 aromatic carbocycles. The first-order valence-electron chi connectivity index (χ1n) is 11.1. The summed E-state index contributed by atoms with van der Waals surface area (Å²) in [5, 5.41) is 0. The van der Waals surface area contributed by atoms with E-state index < -0.39 is 24.2 Å². The molecule has 166 valence electrons. The van der Waals surface area contributed by atoms with Crippen LogP contribution in [0.2, 0.25) is 0 Å². The predicted molar refractivity (Wildman–Crippen MR) is 107 cm³/mol. The number of rotatable bonds is 3. The lowest BCUT2D eigenvalue weighted by Gasteiger charge is -2.47. The Morgan fingerprint density at radius 2 is 1.38 bits per heavy atom. The number of piperazine rings is 1. The van der Waals surface area contributed by atoms with Crippen LogP contribution < -0.4 is 0 Å². The van der Waals surface area contributed by atoms with Gasteiger partial charge in [-0.15, -0.1) is 0 Å². The van der Waals surface area contributed by atoms with Crippen LogP contribution in [0.5, 0.6) is 0 Å². The second kappa shape index (κ2) is 9.27. The van der Waals surface area contributed by atoms with Crippen LogP contribution in [-0.2, 0) is 14.3 Å². The highest BCUT2D eigenvalue weighted by Gasteiger charge is 2.44. The molecule has 8 atom stereocenters. The molecule has 0 spiro atoms. The van der Waals surface area contributed by atoms with Crippen LogP contribution in [0.3, 0.4) is 0 Å². The van der Waals surface area contributed by atoms with E-state index >= 15 is 0 Å². The fraction of sp³-hybridized carbons (Fsp3) is 0.909. The summed E-state index contributed by atoms with van der Waals surface area (Å²) in [6.45, 7) is 6.60. The number of ether oxygens (including phenoxy) is 1. The van der Waals surface area contributed by atoms with Gasteiger partial charge in [0, 0.05) is 38.7 Å². The lowest BCUT2D eigenvalue weighted by atomic mass is 9.80. The average Bonchev–Trinajstić information content (AvgIpc) is 2.66. The van der Waals surface area contributed by atoms with Crippen molar-refractivity contribution >= 4 is 11.8 Å². The maximum atomic E-state index is 14.6. The molecule has 29 heavy (non-hydrogen) atoms.